The van der Waals surface area contributed by atoms with Gasteiger partial charge < -0.3 is 10.8 Å². The van der Waals surface area contributed by atoms with E-state index in [4.69, 9.17) is 5.73 Å². The Morgan fingerprint density at radius 3 is 2.75 bits per heavy atom. The molecule has 0 bridgehead atoms. The maximum absolute atomic E-state index is 9.36. The highest BCUT2D eigenvalue weighted by Crippen LogP contribution is 2.21. The highest BCUT2D eigenvalue weighted by atomic mass is 79.9. The first-order valence-electron chi connectivity index (χ1n) is 3.81. The first kappa shape index (κ1) is 9.71. The van der Waals surface area contributed by atoms with E-state index in [1.54, 1.807) is 6.92 Å². The molecule has 3 heteroatoms. The van der Waals surface area contributed by atoms with E-state index < -0.39 is 6.10 Å². The Morgan fingerprint density at radius 2 is 2.25 bits per heavy atom. The van der Waals surface area contributed by atoms with Crippen LogP contribution in [0.2, 0.25) is 0 Å². The van der Waals surface area contributed by atoms with Crippen molar-refractivity contribution in [2.75, 3.05) is 0 Å². The molecule has 1 atom stereocenters. The van der Waals surface area contributed by atoms with E-state index >= 15 is 0 Å². The zero-order valence-electron chi connectivity index (χ0n) is 6.92. The molecule has 1 aromatic carbocycles. The summed E-state index contributed by atoms with van der Waals surface area (Å²) in [5.74, 6) is 0. The minimum Gasteiger partial charge on any atom is -0.389 e. The number of halogens is 1. The van der Waals surface area contributed by atoms with Crippen LogP contribution in [0.25, 0.3) is 0 Å². The highest BCUT2D eigenvalue weighted by Gasteiger charge is 2.06. The third kappa shape index (κ3) is 2.06. The molecule has 66 valence electrons. The van der Waals surface area contributed by atoms with Gasteiger partial charge in [0.2, 0.25) is 0 Å². The largest absolute Gasteiger partial charge is 0.389 e. The van der Waals surface area contributed by atoms with Gasteiger partial charge in [0.1, 0.15) is 0 Å². The zero-order chi connectivity index (χ0) is 9.14. The lowest BCUT2D eigenvalue weighted by molar-refractivity contribution is 0.198. The monoisotopic (exact) mass is 229 g/mol. The molecule has 0 saturated carbocycles. The van der Waals surface area contributed by atoms with Crippen molar-refractivity contribution in [1.29, 1.82) is 0 Å². The van der Waals surface area contributed by atoms with E-state index in [9.17, 15) is 5.11 Å². The summed E-state index contributed by atoms with van der Waals surface area (Å²) in [5.41, 5.74) is 7.41. The number of hydrogen-bond acceptors (Lipinski definition) is 2. The molecule has 1 rings (SSSR count). The van der Waals surface area contributed by atoms with Crippen LogP contribution in [0, 0.1) is 0 Å². The molecular formula is C9H12BrNO. The summed E-state index contributed by atoms with van der Waals surface area (Å²) >= 11 is 3.35. The maximum atomic E-state index is 9.36. The molecule has 0 aliphatic carbocycles. The number of benzene rings is 1. The van der Waals surface area contributed by atoms with Gasteiger partial charge in [0.15, 0.2) is 0 Å². The third-order valence-electron chi connectivity index (χ3n) is 1.78. The predicted octanol–water partition coefficient (Wildman–Crippen LogP) is 1.96. The van der Waals surface area contributed by atoms with Crippen LogP contribution >= 0.6 is 15.9 Å². The number of hydrogen-bond donors (Lipinski definition) is 2. The zero-order valence-corrected chi connectivity index (χ0v) is 8.51. The summed E-state index contributed by atoms with van der Waals surface area (Å²) in [6.45, 7) is 2.20. The number of aliphatic hydroxyl groups excluding tert-OH is 1. The molecule has 0 spiro atoms. The molecule has 0 aliphatic heterocycles. The molecule has 0 fully saturated rings. The van der Waals surface area contributed by atoms with Gasteiger partial charge in [-0.3, -0.25) is 0 Å². The van der Waals surface area contributed by atoms with Crippen LogP contribution in [0.1, 0.15) is 24.2 Å². The number of aliphatic hydroxyl groups is 1. The van der Waals surface area contributed by atoms with Crippen LogP contribution in [-0.4, -0.2) is 5.11 Å². The maximum Gasteiger partial charge on any atom is 0.0765 e. The molecule has 0 unspecified atom stereocenters. The summed E-state index contributed by atoms with van der Waals surface area (Å²) in [4.78, 5) is 0. The van der Waals surface area contributed by atoms with Crippen molar-refractivity contribution in [2.45, 2.75) is 19.6 Å². The van der Waals surface area contributed by atoms with E-state index in [0.717, 1.165) is 15.6 Å². The van der Waals surface area contributed by atoms with Crippen molar-refractivity contribution in [1.82, 2.24) is 0 Å². The lowest BCUT2D eigenvalue weighted by Crippen LogP contribution is -2.03. The SMILES string of the molecule is C[C@H](O)c1ccc(Br)cc1CN. The predicted molar refractivity (Wildman–Crippen MR) is 52.7 cm³/mol. The standard InChI is InChI=1S/C9H12BrNO/c1-6(12)9-3-2-8(10)4-7(9)5-11/h2-4,6,12H,5,11H2,1H3/t6-/m0/s1. The van der Waals surface area contributed by atoms with Crippen molar-refractivity contribution < 1.29 is 5.11 Å². The van der Waals surface area contributed by atoms with Crippen LogP contribution in [0.4, 0.5) is 0 Å². The van der Waals surface area contributed by atoms with Gasteiger partial charge in [0.25, 0.3) is 0 Å². The summed E-state index contributed by atoms with van der Waals surface area (Å²) < 4.78 is 0.993. The Morgan fingerprint density at radius 1 is 1.58 bits per heavy atom. The second kappa shape index (κ2) is 4.03. The fraction of sp³-hybridized carbons (Fsp3) is 0.333. The Labute approximate surface area is 80.5 Å². The van der Waals surface area contributed by atoms with Crippen LogP contribution < -0.4 is 5.73 Å². The van der Waals surface area contributed by atoms with Crippen LogP contribution in [0.5, 0.6) is 0 Å². The molecular weight excluding hydrogens is 218 g/mol. The van der Waals surface area contributed by atoms with E-state index in [0.29, 0.717) is 6.54 Å². The Hall–Kier alpha value is -0.380. The summed E-state index contributed by atoms with van der Waals surface area (Å²) in [6.07, 6.45) is -0.448. The van der Waals surface area contributed by atoms with Crippen molar-refractivity contribution in [3.8, 4) is 0 Å². The second-order valence-corrected chi connectivity index (χ2v) is 3.64. The van der Waals surface area contributed by atoms with E-state index in [-0.39, 0.29) is 0 Å². The van der Waals surface area contributed by atoms with E-state index in [1.165, 1.54) is 0 Å². The Balaban J connectivity index is 3.11. The van der Waals surface area contributed by atoms with E-state index in [1.807, 2.05) is 18.2 Å². The molecule has 0 aliphatic rings. The summed E-state index contributed by atoms with van der Waals surface area (Å²) in [7, 11) is 0. The molecule has 0 radical (unpaired) electrons. The van der Waals surface area contributed by atoms with Gasteiger partial charge in [0, 0.05) is 11.0 Å². The minimum absolute atomic E-state index is 0.448. The van der Waals surface area contributed by atoms with Crippen molar-refractivity contribution in [2.24, 2.45) is 5.73 Å². The summed E-state index contributed by atoms with van der Waals surface area (Å²) in [5, 5.41) is 9.36. The molecule has 2 nitrogen and oxygen atoms in total. The fourth-order valence-corrected chi connectivity index (χ4v) is 1.57. The van der Waals surface area contributed by atoms with Crippen molar-refractivity contribution in [3.63, 3.8) is 0 Å². The average molecular weight is 230 g/mol. The Kier molecular flexibility index (Phi) is 3.26. The minimum atomic E-state index is -0.448. The first-order valence-corrected chi connectivity index (χ1v) is 4.61. The topological polar surface area (TPSA) is 46.2 Å². The Bertz CT molecular complexity index is 273. The molecule has 12 heavy (non-hydrogen) atoms. The van der Waals surface area contributed by atoms with Crippen molar-refractivity contribution >= 4 is 15.9 Å². The lowest BCUT2D eigenvalue weighted by Gasteiger charge is -2.10. The second-order valence-electron chi connectivity index (χ2n) is 2.72. The van der Waals surface area contributed by atoms with Crippen LogP contribution in [-0.2, 0) is 6.54 Å². The molecule has 3 N–H and O–H groups in total. The average Bonchev–Trinajstić information content (AvgIpc) is 2.03. The van der Waals surface area contributed by atoms with E-state index in [2.05, 4.69) is 15.9 Å². The van der Waals surface area contributed by atoms with Gasteiger partial charge in [0.05, 0.1) is 6.10 Å². The molecule has 1 aromatic rings. The van der Waals surface area contributed by atoms with Gasteiger partial charge in [-0.25, -0.2) is 0 Å². The van der Waals surface area contributed by atoms with Gasteiger partial charge in [-0.2, -0.15) is 0 Å². The normalized spacial score (nSPS) is 13.0. The number of nitrogens with two attached hydrogens (primary N) is 1. The fourth-order valence-electron chi connectivity index (χ4n) is 1.16. The first-order chi connectivity index (χ1) is 5.65. The van der Waals surface area contributed by atoms with Gasteiger partial charge in [-0.05, 0) is 30.2 Å². The molecule has 0 amide bonds. The van der Waals surface area contributed by atoms with Gasteiger partial charge >= 0.3 is 0 Å². The highest BCUT2D eigenvalue weighted by molar-refractivity contribution is 9.10. The van der Waals surface area contributed by atoms with Crippen LogP contribution in [0.3, 0.4) is 0 Å². The van der Waals surface area contributed by atoms with Gasteiger partial charge in [-0.15, -0.1) is 0 Å². The molecule has 0 aromatic heterocycles. The van der Waals surface area contributed by atoms with Gasteiger partial charge in [-0.1, -0.05) is 22.0 Å². The van der Waals surface area contributed by atoms with Crippen molar-refractivity contribution in [3.05, 3.63) is 33.8 Å². The third-order valence-corrected chi connectivity index (χ3v) is 2.27. The number of rotatable bonds is 2. The summed E-state index contributed by atoms with van der Waals surface area (Å²) in [6, 6.07) is 5.72. The quantitative estimate of drug-likeness (QED) is 0.815. The van der Waals surface area contributed by atoms with Crippen LogP contribution in [0.15, 0.2) is 22.7 Å². The smallest absolute Gasteiger partial charge is 0.0765 e. The molecule has 0 heterocycles. The lowest BCUT2D eigenvalue weighted by atomic mass is 10.0. The molecule has 0 saturated heterocycles.